The number of aryl methyl sites for hydroxylation is 1. The van der Waals surface area contributed by atoms with Gasteiger partial charge in [0.1, 0.15) is 0 Å². The number of rotatable bonds is 4. The lowest BCUT2D eigenvalue weighted by molar-refractivity contribution is 0.282. The number of hydrogen-bond acceptors (Lipinski definition) is 3. The summed E-state index contributed by atoms with van der Waals surface area (Å²) in [5, 5.41) is 12.6. The Bertz CT molecular complexity index is 564. The molecule has 0 fully saturated rings. The van der Waals surface area contributed by atoms with Crippen LogP contribution in [0.25, 0.3) is 0 Å². The van der Waals surface area contributed by atoms with Gasteiger partial charge in [-0.05, 0) is 35.6 Å². The van der Waals surface area contributed by atoms with Crippen LogP contribution in [0, 0.1) is 0 Å². The van der Waals surface area contributed by atoms with Crippen LogP contribution in [0.15, 0.2) is 30.3 Å². The standard InChI is InChI=1S/C15H16ClNOS/c16-15-7-12-13(5-6-14(12)19-15)17-8-10-1-3-11(9-18)4-2-10/h1-4,7,13,17-18H,5-6,8-9H2. The molecule has 0 radical (unpaired) electrons. The van der Waals surface area contributed by atoms with Crippen molar-refractivity contribution in [1.82, 2.24) is 5.32 Å². The Kier molecular flexibility index (Phi) is 3.89. The monoisotopic (exact) mass is 293 g/mol. The van der Waals surface area contributed by atoms with Crippen LogP contribution >= 0.6 is 22.9 Å². The number of thiophene rings is 1. The fourth-order valence-corrected chi connectivity index (χ4v) is 3.90. The molecule has 1 atom stereocenters. The quantitative estimate of drug-likeness (QED) is 0.901. The smallest absolute Gasteiger partial charge is 0.0934 e. The minimum atomic E-state index is 0.104. The van der Waals surface area contributed by atoms with Crippen molar-refractivity contribution in [2.24, 2.45) is 0 Å². The van der Waals surface area contributed by atoms with Gasteiger partial charge in [0, 0.05) is 17.5 Å². The Morgan fingerprint density at radius 1 is 1.26 bits per heavy atom. The van der Waals surface area contributed by atoms with Gasteiger partial charge in [0.25, 0.3) is 0 Å². The summed E-state index contributed by atoms with van der Waals surface area (Å²) in [6.45, 7) is 0.955. The molecule has 0 amide bonds. The molecule has 1 aliphatic carbocycles. The molecule has 1 heterocycles. The third-order valence-corrected chi connectivity index (χ3v) is 4.94. The summed E-state index contributed by atoms with van der Waals surface area (Å²) in [4.78, 5) is 1.43. The minimum absolute atomic E-state index is 0.104. The van der Waals surface area contributed by atoms with Crippen molar-refractivity contribution >= 4 is 22.9 Å². The number of aliphatic hydroxyl groups is 1. The first-order valence-electron chi connectivity index (χ1n) is 6.46. The molecular formula is C15H16ClNOS. The maximum atomic E-state index is 9.02. The van der Waals surface area contributed by atoms with E-state index in [1.54, 1.807) is 11.3 Å². The molecule has 2 aromatic rings. The molecule has 0 spiro atoms. The molecule has 100 valence electrons. The van der Waals surface area contributed by atoms with Crippen LogP contribution in [0.1, 0.15) is 34.0 Å². The SMILES string of the molecule is OCc1ccc(CNC2CCc3sc(Cl)cc32)cc1. The van der Waals surface area contributed by atoms with E-state index in [1.165, 1.54) is 16.0 Å². The first kappa shape index (κ1) is 13.1. The van der Waals surface area contributed by atoms with Gasteiger partial charge in [0.15, 0.2) is 0 Å². The van der Waals surface area contributed by atoms with E-state index in [2.05, 4.69) is 23.5 Å². The summed E-state index contributed by atoms with van der Waals surface area (Å²) in [6, 6.07) is 10.6. The van der Waals surface area contributed by atoms with Crippen LogP contribution in [0.3, 0.4) is 0 Å². The predicted molar refractivity (Wildman–Crippen MR) is 79.6 cm³/mol. The third kappa shape index (κ3) is 2.84. The second kappa shape index (κ2) is 5.63. The highest BCUT2D eigenvalue weighted by molar-refractivity contribution is 7.16. The molecule has 2 nitrogen and oxygen atoms in total. The zero-order valence-corrected chi connectivity index (χ0v) is 12.1. The van der Waals surface area contributed by atoms with Gasteiger partial charge in [0.2, 0.25) is 0 Å². The Balaban J connectivity index is 1.63. The first-order chi connectivity index (χ1) is 9.26. The molecule has 0 aliphatic heterocycles. The van der Waals surface area contributed by atoms with Crippen molar-refractivity contribution in [3.63, 3.8) is 0 Å². The number of hydrogen-bond donors (Lipinski definition) is 2. The molecule has 2 N–H and O–H groups in total. The Morgan fingerprint density at radius 3 is 2.74 bits per heavy atom. The molecule has 1 aliphatic rings. The van der Waals surface area contributed by atoms with Crippen LogP contribution in [-0.4, -0.2) is 5.11 Å². The molecule has 1 unspecified atom stereocenters. The van der Waals surface area contributed by atoms with Gasteiger partial charge in [-0.25, -0.2) is 0 Å². The van der Waals surface area contributed by atoms with Crippen molar-refractivity contribution in [3.8, 4) is 0 Å². The van der Waals surface area contributed by atoms with Crippen molar-refractivity contribution < 1.29 is 5.11 Å². The lowest BCUT2D eigenvalue weighted by atomic mass is 10.1. The van der Waals surface area contributed by atoms with Crippen molar-refractivity contribution in [2.75, 3.05) is 0 Å². The van der Waals surface area contributed by atoms with Crippen molar-refractivity contribution in [1.29, 1.82) is 0 Å². The topological polar surface area (TPSA) is 32.3 Å². The average molecular weight is 294 g/mol. The number of aliphatic hydroxyl groups excluding tert-OH is 1. The van der Waals surface area contributed by atoms with E-state index in [9.17, 15) is 0 Å². The highest BCUT2D eigenvalue weighted by Crippen LogP contribution is 2.39. The van der Waals surface area contributed by atoms with Gasteiger partial charge in [-0.2, -0.15) is 0 Å². The van der Waals surface area contributed by atoms with E-state index < -0.39 is 0 Å². The summed E-state index contributed by atoms with van der Waals surface area (Å²) in [6.07, 6.45) is 2.29. The normalized spacial score (nSPS) is 17.7. The van der Waals surface area contributed by atoms with Crippen molar-refractivity contribution in [3.05, 3.63) is 56.2 Å². The van der Waals surface area contributed by atoms with Crippen LogP contribution in [0.4, 0.5) is 0 Å². The van der Waals surface area contributed by atoms with Crippen LogP contribution in [0.5, 0.6) is 0 Å². The Hall–Kier alpha value is -0.870. The fraction of sp³-hybridized carbons (Fsp3) is 0.333. The first-order valence-corrected chi connectivity index (χ1v) is 7.66. The van der Waals surface area contributed by atoms with E-state index in [0.29, 0.717) is 6.04 Å². The zero-order valence-electron chi connectivity index (χ0n) is 10.5. The molecule has 1 aromatic heterocycles. The highest BCUT2D eigenvalue weighted by atomic mass is 35.5. The molecule has 1 aromatic carbocycles. The summed E-state index contributed by atoms with van der Waals surface area (Å²) < 4.78 is 0.892. The van der Waals surface area contributed by atoms with Crippen LogP contribution in [-0.2, 0) is 19.6 Å². The Labute approximate surface area is 122 Å². The number of benzene rings is 1. The molecule has 0 bridgehead atoms. The zero-order chi connectivity index (χ0) is 13.2. The average Bonchev–Trinajstić information content (AvgIpc) is 2.96. The molecule has 4 heteroatoms. The van der Waals surface area contributed by atoms with E-state index >= 15 is 0 Å². The summed E-state index contributed by atoms with van der Waals surface area (Å²) in [7, 11) is 0. The minimum Gasteiger partial charge on any atom is -0.392 e. The highest BCUT2D eigenvalue weighted by Gasteiger charge is 2.24. The molecule has 19 heavy (non-hydrogen) atoms. The predicted octanol–water partition coefficient (Wildman–Crippen LogP) is 3.67. The van der Waals surface area contributed by atoms with Crippen molar-refractivity contribution in [2.45, 2.75) is 32.0 Å². The van der Waals surface area contributed by atoms with Gasteiger partial charge in [-0.15, -0.1) is 11.3 Å². The van der Waals surface area contributed by atoms with Crippen LogP contribution < -0.4 is 5.32 Å². The molecule has 0 saturated heterocycles. The summed E-state index contributed by atoms with van der Waals surface area (Å²) >= 11 is 7.77. The van der Waals surface area contributed by atoms with E-state index in [0.717, 1.165) is 29.3 Å². The lowest BCUT2D eigenvalue weighted by Crippen LogP contribution is -2.18. The number of fused-ring (bicyclic) bond motifs is 1. The van der Waals surface area contributed by atoms with E-state index in [-0.39, 0.29) is 6.61 Å². The molecular weight excluding hydrogens is 278 g/mol. The summed E-state index contributed by atoms with van der Waals surface area (Å²) in [5.41, 5.74) is 3.57. The van der Waals surface area contributed by atoms with Crippen LogP contribution in [0.2, 0.25) is 4.34 Å². The maximum Gasteiger partial charge on any atom is 0.0934 e. The largest absolute Gasteiger partial charge is 0.392 e. The fourth-order valence-electron chi connectivity index (χ4n) is 2.55. The van der Waals surface area contributed by atoms with E-state index in [4.69, 9.17) is 16.7 Å². The van der Waals surface area contributed by atoms with E-state index in [1.807, 2.05) is 12.1 Å². The second-order valence-corrected chi connectivity index (χ2v) is 6.64. The lowest BCUT2D eigenvalue weighted by Gasteiger charge is -2.13. The molecule has 0 saturated carbocycles. The van der Waals surface area contributed by atoms with Gasteiger partial charge in [0.05, 0.1) is 10.9 Å². The second-order valence-electron chi connectivity index (χ2n) is 4.88. The number of halogens is 1. The maximum absolute atomic E-state index is 9.02. The van der Waals surface area contributed by atoms with Gasteiger partial charge < -0.3 is 10.4 Å². The number of nitrogens with one attached hydrogen (secondary N) is 1. The van der Waals surface area contributed by atoms with Gasteiger partial charge in [-0.3, -0.25) is 0 Å². The summed E-state index contributed by atoms with van der Waals surface area (Å²) in [5.74, 6) is 0. The van der Waals surface area contributed by atoms with Gasteiger partial charge >= 0.3 is 0 Å². The van der Waals surface area contributed by atoms with Gasteiger partial charge in [-0.1, -0.05) is 35.9 Å². The Morgan fingerprint density at radius 2 is 2.00 bits per heavy atom. The molecule has 3 rings (SSSR count). The third-order valence-electron chi connectivity index (χ3n) is 3.61.